The van der Waals surface area contributed by atoms with Crippen molar-refractivity contribution < 1.29 is 0 Å². The van der Waals surface area contributed by atoms with Gasteiger partial charge in [0.1, 0.15) is 5.82 Å². The van der Waals surface area contributed by atoms with Crippen LogP contribution in [0.4, 0.5) is 17.5 Å². The van der Waals surface area contributed by atoms with E-state index >= 15 is 0 Å². The van der Waals surface area contributed by atoms with Gasteiger partial charge in [-0.3, -0.25) is 0 Å². The quantitative estimate of drug-likeness (QED) is 0.543. The largest absolute Gasteiger partial charge is 0.373 e. The molecule has 30 heavy (non-hydrogen) atoms. The molecule has 0 radical (unpaired) electrons. The van der Waals surface area contributed by atoms with Gasteiger partial charge in [-0.2, -0.15) is 4.98 Å². The van der Waals surface area contributed by atoms with Crippen LogP contribution >= 0.6 is 0 Å². The molecule has 0 bridgehead atoms. The van der Waals surface area contributed by atoms with E-state index in [9.17, 15) is 0 Å². The summed E-state index contributed by atoms with van der Waals surface area (Å²) in [4.78, 5) is 14.5. The molecule has 4 aromatic rings. The summed E-state index contributed by atoms with van der Waals surface area (Å²) in [5, 5.41) is 4.58. The van der Waals surface area contributed by atoms with Gasteiger partial charge in [0.2, 0.25) is 5.95 Å². The standard InChI is InChI=1S/C25H25N5/c1-29-15-16-30(18-20-11-5-8-14-23(20)29)25-27-22-13-7-6-12-21(22)24(28-25)26-17-19-9-3-2-4-10-19/h2-14H,15-18H2,1H3,(H,26,27,28). The first-order chi connectivity index (χ1) is 14.8. The van der Waals surface area contributed by atoms with Gasteiger partial charge in [-0.05, 0) is 29.3 Å². The van der Waals surface area contributed by atoms with Gasteiger partial charge >= 0.3 is 0 Å². The van der Waals surface area contributed by atoms with E-state index in [-0.39, 0.29) is 0 Å². The lowest BCUT2D eigenvalue weighted by atomic mass is 10.1. The Morgan fingerprint density at radius 1 is 0.833 bits per heavy atom. The zero-order valence-electron chi connectivity index (χ0n) is 17.1. The molecule has 1 aliphatic heterocycles. The Bertz CT molecular complexity index is 1160. The Hall–Kier alpha value is -3.60. The Morgan fingerprint density at radius 3 is 2.50 bits per heavy atom. The van der Waals surface area contributed by atoms with Crippen LogP contribution in [0.5, 0.6) is 0 Å². The molecule has 5 rings (SSSR count). The number of benzene rings is 3. The maximum absolute atomic E-state index is 4.96. The van der Waals surface area contributed by atoms with Crippen LogP contribution in [0, 0.1) is 0 Å². The van der Waals surface area contributed by atoms with Crippen molar-refractivity contribution in [1.29, 1.82) is 0 Å². The molecule has 0 aliphatic carbocycles. The van der Waals surface area contributed by atoms with E-state index in [1.54, 1.807) is 0 Å². The number of hydrogen-bond acceptors (Lipinski definition) is 5. The van der Waals surface area contributed by atoms with Crippen LogP contribution in [-0.4, -0.2) is 30.1 Å². The number of hydrogen-bond donors (Lipinski definition) is 1. The number of anilines is 3. The summed E-state index contributed by atoms with van der Waals surface area (Å²) < 4.78 is 0. The third-order valence-corrected chi connectivity index (χ3v) is 5.65. The topological polar surface area (TPSA) is 44.3 Å². The van der Waals surface area contributed by atoms with Crippen molar-refractivity contribution in [3.8, 4) is 0 Å². The van der Waals surface area contributed by atoms with Gasteiger partial charge in [-0.1, -0.05) is 60.7 Å². The summed E-state index contributed by atoms with van der Waals surface area (Å²) in [5.74, 6) is 1.65. The van der Waals surface area contributed by atoms with Crippen molar-refractivity contribution >= 4 is 28.4 Å². The minimum Gasteiger partial charge on any atom is -0.373 e. The van der Waals surface area contributed by atoms with Gasteiger partial charge in [0.15, 0.2) is 0 Å². The Balaban J connectivity index is 1.50. The third-order valence-electron chi connectivity index (χ3n) is 5.65. The van der Waals surface area contributed by atoms with Crippen molar-refractivity contribution in [1.82, 2.24) is 9.97 Å². The van der Waals surface area contributed by atoms with Gasteiger partial charge in [0, 0.05) is 44.3 Å². The first-order valence-electron chi connectivity index (χ1n) is 10.4. The molecular weight excluding hydrogens is 370 g/mol. The molecule has 1 aromatic heterocycles. The average Bonchev–Trinajstić information content (AvgIpc) is 2.97. The number of rotatable bonds is 4. The Morgan fingerprint density at radius 2 is 1.60 bits per heavy atom. The van der Waals surface area contributed by atoms with Crippen LogP contribution in [-0.2, 0) is 13.1 Å². The molecule has 2 heterocycles. The highest BCUT2D eigenvalue weighted by Crippen LogP contribution is 2.28. The van der Waals surface area contributed by atoms with E-state index in [2.05, 4.69) is 82.8 Å². The molecular formula is C25H25N5. The van der Waals surface area contributed by atoms with E-state index in [1.807, 2.05) is 18.2 Å². The molecule has 0 saturated carbocycles. The highest BCUT2D eigenvalue weighted by atomic mass is 15.3. The van der Waals surface area contributed by atoms with Crippen LogP contribution in [0.1, 0.15) is 11.1 Å². The van der Waals surface area contributed by atoms with Gasteiger partial charge < -0.3 is 15.1 Å². The number of para-hydroxylation sites is 2. The molecule has 1 aliphatic rings. The summed E-state index contributed by atoms with van der Waals surface area (Å²) in [6, 6.07) is 27.2. The fourth-order valence-electron chi connectivity index (χ4n) is 3.99. The molecule has 3 aromatic carbocycles. The number of fused-ring (bicyclic) bond motifs is 2. The molecule has 0 fully saturated rings. The van der Waals surface area contributed by atoms with Gasteiger partial charge in [-0.25, -0.2) is 4.98 Å². The minimum atomic E-state index is 0.729. The van der Waals surface area contributed by atoms with Crippen LogP contribution in [0.2, 0.25) is 0 Å². The maximum Gasteiger partial charge on any atom is 0.228 e. The summed E-state index contributed by atoms with van der Waals surface area (Å²) in [7, 11) is 2.15. The van der Waals surface area contributed by atoms with Crippen LogP contribution in [0.25, 0.3) is 10.9 Å². The van der Waals surface area contributed by atoms with E-state index in [0.29, 0.717) is 0 Å². The van der Waals surface area contributed by atoms with Crippen LogP contribution < -0.4 is 15.1 Å². The first-order valence-corrected chi connectivity index (χ1v) is 10.4. The molecule has 0 spiro atoms. The lowest BCUT2D eigenvalue weighted by Crippen LogP contribution is -2.30. The van der Waals surface area contributed by atoms with E-state index in [0.717, 1.165) is 48.8 Å². The summed E-state index contributed by atoms with van der Waals surface area (Å²) in [6.45, 7) is 3.34. The van der Waals surface area contributed by atoms with E-state index < -0.39 is 0 Å². The normalized spacial score (nSPS) is 13.8. The monoisotopic (exact) mass is 395 g/mol. The summed E-state index contributed by atoms with van der Waals surface area (Å²) >= 11 is 0. The number of likely N-dealkylation sites (N-methyl/N-ethyl adjacent to an activating group) is 1. The molecule has 5 nitrogen and oxygen atoms in total. The smallest absolute Gasteiger partial charge is 0.228 e. The molecule has 0 amide bonds. The number of aromatic nitrogens is 2. The van der Waals surface area contributed by atoms with E-state index in [1.165, 1.54) is 16.8 Å². The van der Waals surface area contributed by atoms with Crippen LogP contribution in [0.3, 0.4) is 0 Å². The zero-order valence-corrected chi connectivity index (χ0v) is 17.1. The van der Waals surface area contributed by atoms with E-state index in [4.69, 9.17) is 9.97 Å². The molecule has 0 atom stereocenters. The predicted molar refractivity (Wildman–Crippen MR) is 124 cm³/mol. The third kappa shape index (κ3) is 3.66. The Labute approximate surface area is 177 Å². The molecule has 0 saturated heterocycles. The minimum absolute atomic E-state index is 0.729. The SMILES string of the molecule is CN1CCN(c2nc(NCc3ccccc3)c3ccccc3n2)Cc2ccccc21. The van der Waals surface area contributed by atoms with Gasteiger partial charge in [0.25, 0.3) is 0 Å². The summed E-state index contributed by atoms with van der Waals surface area (Å²) in [5.41, 5.74) is 4.77. The fourth-order valence-corrected chi connectivity index (χ4v) is 3.99. The van der Waals surface area contributed by atoms with Crippen molar-refractivity contribution in [3.63, 3.8) is 0 Å². The first kappa shape index (κ1) is 18.4. The molecule has 5 heteroatoms. The maximum atomic E-state index is 4.96. The average molecular weight is 396 g/mol. The van der Waals surface area contributed by atoms with Crippen LogP contribution in [0.15, 0.2) is 78.9 Å². The zero-order chi connectivity index (χ0) is 20.3. The second kappa shape index (κ2) is 8.03. The lowest BCUT2D eigenvalue weighted by molar-refractivity contribution is 0.771. The van der Waals surface area contributed by atoms with Crippen molar-refractivity contribution in [2.24, 2.45) is 0 Å². The summed E-state index contributed by atoms with van der Waals surface area (Å²) in [6.07, 6.45) is 0. The van der Waals surface area contributed by atoms with Crippen molar-refractivity contribution in [2.45, 2.75) is 13.1 Å². The number of nitrogens with zero attached hydrogens (tertiary/aromatic N) is 4. The van der Waals surface area contributed by atoms with Crippen molar-refractivity contribution in [3.05, 3.63) is 90.0 Å². The lowest BCUT2D eigenvalue weighted by Gasteiger charge is -2.22. The molecule has 1 N–H and O–H groups in total. The van der Waals surface area contributed by atoms with Gasteiger partial charge in [0.05, 0.1) is 5.52 Å². The highest BCUT2D eigenvalue weighted by molar-refractivity contribution is 5.90. The Kier molecular flexibility index (Phi) is 4.93. The highest BCUT2D eigenvalue weighted by Gasteiger charge is 2.20. The molecule has 0 unspecified atom stereocenters. The second-order valence-corrected chi connectivity index (χ2v) is 7.70. The number of nitrogens with one attached hydrogen (secondary N) is 1. The predicted octanol–water partition coefficient (Wildman–Crippen LogP) is 4.70. The van der Waals surface area contributed by atoms with Crippen molar-refractivity contribution in [2.75, 3.05) is 35.3 Å². The molecule has 150 valence electrons. The second-order valence-electron chi connectivity index (χ2n) is 7.70. The fraction of sp³-hybridized carbons (Fsp3) is 0.200. The van der Waals surface area contributed by atoms with Gasteiger partial charge in [-0.15, -0.1) is 0 Å².